The third-order valence-electron chi connectivity index (χ3n) is 5.70. The van der Waals surface area contributed by atoms with Crippen molar-refractivity contribution >= 4 is 29.3 Å². The summed E-state index contributed by atoms with van der Waals surface area (Å²) in [6, 6.07) is 7.26. The minimum absolute atomic E-state index is 0.000264. The van der Waals surface area contributed by atoms with E-state index in [1.807, 2.05) is 0 Å². The molecule has 0 bridgehead atoms. The Bertz CT molecular complexity index is 1200. The molecule has 2 aromatic carbocycles. The molecule has 2 aliphatic rings. The van der Waals surface area contributed by atoms with Gasteiger partial charge in [-0.3, -0.25) is 24.1 Å². The van der Waals surface area contributed by atoms with Gasteiger partial charge in [0.25, 0.3) is 11.8 Å². The first-order valence-electron chi connectivity index (χ1n) is 10.9. The summed E-state index contributed by atoms with van der Waals surface area (Å²) in [6.07, 6.45) is 1.50. The Morgan fingerprint density at radius 2 is 1.89 bits per heavy atom. The molecule has 1 aliphatic heterocycles. The second kappa shape index (κ2) is 9.69. The highest BCUT2D eigenvalue weighted by Crippen LogP contribution is 2.40. The molecule has 1 saturated carbocycles. The Labute approximate surface area is 199 Å². The lowest BCUT2D eigenvalue weighted by Gasteiger charge is -2.26. The fourth-order valence-corrected chi connectivity index (χ4v) is 3.96. The van der Waals surface area contributed by atoms with Crippen LogP contribution >= 0.6 is 0 Å². The lowest BCUT2D eigenvalue weighted by Crippen LogP contribution is -2.36. The zero-order chi connectivity index (χ0) is 25.3. The van der Waals surface area contributed by atoms with E-state index in [1.165, 1.54) is 43.3 Å². The van der Waals surface area contributed by atoms with E-state index >= 15 is 0 Å². The van der Waals surface area contributed by atoms with Crippen LogP contribution in [-0.2, 0) is 9.59 Å². The Morgan fingerprint density at radius 1 is 1.14 bits per heavy atom. The number of halogens is 2. The fraction of sp³-hybridized carbons (Fsp3) is 0.333. The molecule has 35 heavy (non-hydrogen) atoms. The van der Waals surface area contributed by atoms with Crippen LogP contribution in [0, 0.1) is 5.92 Å². The van der Waals surface area contributed by atoms with Gasteiger partial charge in [-0.2, -0.15) is 8.78 Å². The number of nitrogens with zero attached hydrogens (tertiary/aromatic N) is 1. The van der Waals surface area contributed by atoms with Gasteiger partial charge in [0.1, 0.15) is 0 Å². The van der Waals surface area contributed by atoms with E-state index in [1.54, 1.807) is 0 Å². The average Bonchev–Trinajstić information content (AvgIpc) is 3.57. The summed E-state index contributed by atoms with van der Waals surface area (Å²) in [7, 11) is 0. The van der Waals surface area contributed by atoms with Crippen molar-refractivity contribution in [1.29, 1.82) is 0 Å². The number of carbonyl (C=O) groups is 4. The molecule has 4 rings (SSSR count). The van der Waals surface area contributed by atoms with Crippen molar-refractivity contribution in [3.63, 3.8) is 0 Å². The SMILES string of the molecule is CC(=O)Nc1cccc2c1C(=O)N(C(CC(N)=O)c1ccc(OC(F)F)c(OCC3CC3)c1)C2=O. The maximum absolute atomic E-state index is 13.4. The summed E-state index contributed by atoms with van der Waals surface area (Å²) in [5.41, 5.74) is 5.90. The highest BCUT2D eigenvalue weighted by atomic mass is 19.3. The topological polar surface area (TPSA) is 128 Å². The van der Waals surface area contributed by atoms with Gasteiger partial charge in [-0.25, -0.2) is 0 Å². The van der Waals surface area contributed by atoms with Gasteiger partial charge < -0.3 is 20.5 Å². The predicted molar refractivity (Wildman–Crippen MR) is 119 cm³/mol. The molecular formula is C24H23F2N3O6. The number of primary amides is 1. The maximum atomic E-state index is 13.4. The molecule has 9 nitrogen and oxygen atoms in total. The molecule has 1 aliphatic carbocycles. The Morgan fingerprint density at radius 3 is 2.51 bits per heavy atom. The number of benzene rings is 2. The molecule has 2 aromatic rings. The van der Waals surface area contributed by atoms with Gasteiger partial charge in [-0.15, -0.1) is 0 Å². The van der Waals surface area contributed by atoms with Gasteiger partial charge >= 0.3 is 6.61 Å². The molecule has 1 heterocycles. The predicted octanol–water partition coefficient (Wildman–Crippen LogP) is 3.25. The smallest absolute Gasteiger partial charge is 0.387 e. The molecule has 3 N–H and O–H groups in total. The molecule has 0 saturated heterocycles. The van der Waals surface area contributed by atoms with Crippen molar-refractivity contribution in [3.05, 3.63) is 53.1 Å². The van der Waals surface area contributed by atoms with Crippen LogP contribution in [-0.4, -0.2) is 41.7 Å². The van der Waals surface area contributed by atoms with Crippen molar-refractivity contribution in [3.8, 4) is 11.5 Å². The van der Waals surface area contributed by atoms with Crippen molar-refractivity contribution in [2.24, 2.45) is 11.7 Å². The largest absolute Gasteiger partial charge is 0.489 e. The summed E-state index contributed by atoms with van der Waals surface area (Å²) < 4.78 is 36.0. The van der Waals surface area contributed by atoms with E-state index in [9.17, 15) is 28.0 Å². The normalized spacial score (nSPS) is 15.7. The van der Waals surface area contributed by atoms with E-state index in [2.05, 4.69) is 10.1 Å². The number of hydrogen-bond donors (Lipinski definition) is 2. The minimum Gasteiger partial charge on any atom is -0.489 e. The van der Waals surface area contributed by atoms with Gasteiger partial charge in [0.15, 0.2) is 11.5 Å². The summed E-state index contributed by atoms with van der Waals surface area (Å²) in [5.74, 6) is -2.54. The van der Waals surface area contributed by atoms with Gasteiger partial charge in [0, 0.05) is 6.92 Å². The first-order chi connectivity index (χ1) is 16.7. The lowest BCUT2D eigenvalue weighted by molar-refractivity contribution is -0.119. The standard InChI is InChI=1S/C24H23F2N3O6/c1-12(30)28-16-4-2-3-15-21(16)23(33)29(22(15)32)17(10-20(27)31)14-7-8-18(35-24(25)26)19(9-14)34-11-13-5-6-13/h2-4,7-9,13,17,24H,5-6,10-11H2,1H3,(H2,27,31)(H,28,30). The number of carbonyl (C=O) groups excluding carboxylic acids is 4. The zero-order valence-electron chi connectivity index (χ0n) is 18.8. The molecule has 184 valence electrons. The van der Waals surface area contributed by atoms with Gasteiger partial charge in [-0.1, -0.05) is 12.1 Å². The van der Waals surface area contributed by atoms with Crippen molar-refractivity contribution in [2.45, 2.75) is 38.8 Å². The summed E-state index contributed by atoms with van der Waals surface area (Å²) in [6.45, 7) is -1.54. The molecule has 0 radical (unpaired) electrons. The molecular weight excluding hydrogens is 464 g/mol. The number of rotatable bonds is 10. The highest BCUT2D eigenvalue weighted by Gasteiger charge is 2.43. The van der Waals surface area contributed by atoms with E-state index in [0.717, 1.165) is 17.7 Å². The van der Waals surface area contributed by atoms with Crippen LogP contribution < -0.4 is 20.5 Å². The quantitative estimate of drug-likeness (QED) is 0.495. The third kappa shape index (κ3) is 5.23. The lowest BCUT2D eigenvalue weighted by atomic mass is 10.0. The Hall–Kier alpha value is -4.02. The van der Waals surface area contributed by atoms with Crippen molar-refractivity contribution < 1.29 is 37.4 Å². The second-order valence-corrected chi connectivity index (χ2v) is 8.41. The molecule has 1 atom stereocenters. The molecule has 0 aromatic heterocycles. The maximum Gasteiger partial charge on any atom is 0.387 e. The van der Waals surface area contributed by atoms with Crippen molar-refractivity contribution in [2.75, 3.05) is 11.9 Å². The molecule has 0 spiro atoms. The molecule has 11 heteroatoms. The van der Waals surface area contributed by atoms with E-state index in [0.29, 0.717) is 5.92 Å². The van der Waals surface area contributed by atoms with Crippen molar-refractivity contribution in [1.82, 2.24) is 4.90 Å². The number of fused-ring (bicyclic) bond motifs is 1. The third-order valence-corrected chi connectivity index (χ3v) is 5.70. The first-order valence-corrected chi connectivity index (χ1v) is 10.9. The monoisotopic (exact) mass is 487 g/mol. The first kappa shape index (κ1) is 24.1. The molecule has 4 amide bonds. The fourth-order valence-electron chi connectivity index (χ4n) is 3.96. The summed E-state index contributed by atoms with van der Waals surface area (Å²) in [4.78, 5) is 51.0. The number of nitrogens with two attached hydrogens (primary N) is 1. The Balaban J connectivity index is 1.73. The van der Waals surface area contributed by atoms with Crippen LogP contribution in [0.4, 0.5) is 14.5 Å². The van der Waals surface area contributed by atoms with Crippen LogP contribution in [0.1, 0.15) is 58.5 Å². The van der Waals surface area contributed by atoms with E-state index < -0.39 is 42.7 Å². The van der Waals surface area contributed by atoms with Crippen LogP contribution in [0.2, 0.25) is 0 Å². The number of nitrogens with one attached hydrogen (secondary N) is 1. The Kier molecular flexibility index (Phi) is 6.68. The number of amides is 4. The summed E-state index contributed by atoms with van der Waals surface area (Å²) >= 11 is 0. The average molecular weight is 487 g/mol. The number of hydrogen-bond acceptors (Lipinski definition) is 6. The molecule has 1 fully saturated rings. The number of alkyl halides is 2. The molecule has 1 unspecified atom stereocenters. The van der Waals surface area contributed by atoms with Gasteiger partial charge in [0.05, 0.1) is 35.9 Å². The highest BCUT2D eigenvalue weighted by molar-refractivity contribution is 6.24. The minimum atomic E-state index is -3.09. The van der Waals surface area contributed by atoms with Crippen LogP contribution in [0.5, 0.6) is 11.5 Å². The summed E-state index contributed by atoms with van der Waals surface area (Å²) in [5, 5.41) is 2.53. The van der Waals surface area contributed by atoms with E-state index in [4.69, 9.17) is 10.5 Å². The van der Waals surface area contributed by atoms with Crippen LogP contribution in [0.15, 0.2) is 36.4 Å². The van der Waals surface area contributed by atoms with E-state index in [-0.39, 0.29) is 40.5 Å². The number of imide groups is 1. The number of anilines is 1. The van der Waals surface area contributed by atoms with Gasteiger partial charge in [0.2, 0.25) is 11.8 Å². The number of ether oxygens (including phenoxy) is 2. The second-order valence-electron chi connectivity index (χ2n) is 8.41. The zero-order valence-corrected chi connectivity index (χ0v) is 18.8. The van der Waals surface area contributed by atoms with Crippen LogP contribution in [0.25, 0.3) is 0 Å². The van der Waals surface area contributed by atoms with Gasteiger partial charge in [-0.05, 0) is 48.6 Å². The van der Waals surface area contributed by atoms with Crippen LogP contribution in [0.3, 0.4) is 0 Å².